The van der Waals surface area contributed by atoms with Crippen molar-refractivity contribution < 1.29 is 9.15 Å². The first-order valence-corrected chi connectivity index (χ1v) is 4.78. The summed E-state index contributed by atoms with van der Waals surface area (Å²) in [6, 6.07) is 5.05. The van der Waals surface area contributed by atoms with Gasteiger partial charge >= 0.3 is 5.76 Å². The van der Waals surface area contributed by atoms with Gasteiger partial charge in [0.25, 0.3) is 0 Å². The molecule has 2 rings (SSSR count). The van der Waals surface area contributed by atoms with Gasteiger partial charge in [0.15, 0.2) is 0 Å². The minimum Gasteiger partial charge on any atom is -0.494 e. The van der Waals surface area contributed by atoms with Gasteiger partial charge in [0.05, 0.1) is 6.61 Å². The standard InChI is InChI=1S/C10H11N3O3/c1-2-15-8-4-6(3-7(11)5-8)9-12-13-10(14)16-9/h3-5H,2,11H2,1H3,(H,13,14). The number of H-pyrrole nitrogens is 1. The van der Waals surface area contributed by atoms with E-state index in [9.17, 15) is 4.79 Å². The normalized spacial score (nSPS) is 10.3. The number of hydrogen-bond acceptors (Lipinski definition) is 5. The highest BCUT2D eigenvalue weighted by Crippen LogP contribution is 2.25. The van der Waals surface area contributed by atoms with E-state index in [1.165, 1.54) is 0 Å². The fraction of sp³-hybridized carbons (Fsp3) is 0.200. The lowest BCUT2D eigenvalue weighted by atomic mass is 10.2. The molecule has 1 heterocycles. The van der Waals surface area contributed by atoms with Crippen molar-refractivity contribution in [3.05, 3.63) is 28.7 Å². The monoisotopic (exact) mass is 221 g/mol. The van der Waals surface area contributed by atoms with Crippen LogP contribution in [0.2, 0.25) is 0 Å². The molecule has 6 heteroatoms. The van der Waals surface area contributed by atoms with Crippen LogP contribution in [0.15, 0.2) is 27.4 Å². The molecule has 0 unspecified atom stereocenters. The van der Waals surface area contributed by atoms with Crippen molar-refractivity contribution in [2.24, 2.45) is 0 Å². The molecule has 6 nitrogen and oxygen atoms in total. The molecule has 0 amide bonds. The van der Waals surface area contributed by atoms with Crippen LogP contribution in [0.3, 0.4) is 0 Å². The average molecular weight is 221 g/mol. The SMILES string of the molecule is CCOc1cc(N)cc(-c2n[nH]c(=O)o2)c1. The lowest BCUT2D eigenvalue weighted by Crippen LogP contribution is -1.94. The van der Waals surface area contributed by atoms with Crippen molar-refractivity contribution in [1.82, 2.24) is 10.2 Å². The van der Waals surface area contributed by atoms with Crippen LogP contribution in [0.25, 0.3) is 11.5 Å². The van der Waals surface area contributed by atoms with Crippen LogP contribution in [0.4, 0.5) is 5.69 Å². The number of rotatable bonds is 3. The zero-order chi connectivity index (χ0) is 11.5. The second-order valence-electron chi connectivity index (χ2n) is 3.14. The topological polar surface area (TPSA) is 94.1 Å². The third kappa shape index (κ3) is 2.05. The smallest absolute Gasteiger partial charge is 0.434 e. The molecular weight excluding hydrogens is 210 g/mol. The van der Waals surface area contributed by atoms with E-state index in [0.717, 1.165) is 0 Å². The number of benzene rings is 1. The van der Waals surface area contributed by atoms with Gasteiger partial charge < -0.3 is 14.9 Å². The number of nitrogens with one attached hydrogen (secondary N) is 1. The van der Waals surface area contributed by atoms with Crippen molar-refractivity contribution in [3.8, 4) is 17.2 Å². The number of hydrogen-bond donors (Lipinski definition) is 2. The van der Waals surface area contributed by atoms with Gasteiger partial charge in [-0.05, 0) is 19.1 Å². The molecule has 0 aliphatic carbocycles. The summed E-state index contributed by atoms with van der Waals surface area (Å²) in [5.74, 6) is 0.205. The van der Waals surface area contributed by atoms with E-state index in [-0.39, 0.29) is 5.89 Å². The summed E-state index contributed by atoms with van der Waals surface area (Å²) in [6.07, 6.45) is 0. The van der Waals surface area contributed by atoms with Crippen LogP contribution in [0.1, 0.15) is 6.92 Å². The molecule has 0 fully saturated rings. The van der Waals surface area contributed by atoms with Crippen LogP contribution in [0.5, 0.6) is 5.75 Å². The summed E-state index contributed by atoms with van der Waals surface area (Å²) in [5, 5.41) is 5.90. The first-order chi connectivity index (χ1) is 7.69. The first-order valence-electron chi connectivity index (χ1n) is 4.78. The van der Waals surface area contributed by atoms with Gasteiger partial charge in [-0.15, -0.1) is 5.10 Å². The highest BCUT2D eigenvalue weighted by Gasteiger charge is 2.07. The maximum absolute atomic E-state index is 10.8. The van der Waals surface area contributed by atoms with E-state index in [0.29, 0.717) is 23.6 Å². The summed E-state index contributed by atoms with van der Waals surface area (Å²) in [5.41, 5.74) is 6.81. The molecular formula is C10H11N3O3. The molecule has 0 aliphatic rings. The highest BCUT2D eigenvalue weighted by atomic mass is 16.5. The number of nitrogens with zero attached hydrogens (tertiary/aromatic N) is 1. The minimum atomic E-state index is -0.601. The second-order valence-corrected chi connectivity index (χ2v) is 3.14. The molecule has 2 aromatic rings. The summed E-state index contributed by atoms with van der Waals surface area (Å²) in [4.78, 5) is 10.8. The van der Waals surface area contributed by atoms with Gasteiger partial charge in [-0.1, -0.05) is 0 Å². The van der Waals surface area contributed by atoms with E-state index in [1.54, 1.807) is 18.2 Å². The van der Waals surface area contributed by atoms with Crippen molar-refractivity contribution in [3.63, 3.8) is 0 Å². The quantitative estimate of drug-likeness (QED) is 0.754. The molecule has 16 heavy (non-hydrogen) atoms. The van der Waals surface area contributed by atoms with Crippen molar-refractivity contribution in [1.29, 1.82) is 0 Å². The second kappa shape index (κ2) is 4.09. The van der Waals surface area contributed by atoms with Crippen molar-refractivity contribution in [2.45, 2.75) is 6.92 Å². The van der Waals surface area contributed by atoms with Gasteiger partial charge in [-0.3, -0.25) is 0 Å². The lowest BCUT2D eigenvalue weighted by molar-refractivity contribution is 0.340. The lowest BCUT2D eigenvalue weighted by Gasteiger charge is -2.05. The molecule has 0 aliphatic heterocycles. The number of aromatic amines is 1. The summed E-state index contributed by atoms with van der Waals surface area (Å²) >= 11 is 0. The van der Waals surface area contributed by atoms with E-state index >= 15 is 0 Å². The number of nitrogen functional groups attached to an aromatic ring is 1. The van der Waals surface area contributed by atoms with E-state index in [1.807, 2.05) is 6.92 Å². The Morgan fingerprint density at radius 2 is 2.31 bits per heavy atom. The fourth-order valence-electron chi connectivity index (χ4n) is 1.35. The molecule has 0 bridgehead atoms. The molecule has 1 aromatic carbocycles. The summed E-state index contributed by atoms with van der Waals surface area (Å²) < 4.78 is 10.1. The summed E-state index contributed by atoms with van der Waals surface area (Å²) in [6.45, 7) is 2.41. The average Bonchev–Trinajstić information content (AvgIpc) is 2.64. The molecule has 0 spiro atoms. The summed E-state index contributed by atoms with van der Waals surface area (Å²) in [7, 11) is 0. The molecule has 1 aromatic heterocycles. The Morgan fingerprint density at radius 1 is 1.50 bits per heavy atom. The van der Waals surface area contributed by atoms with Crippen molar-refractivity contribution in [2.75, 3.05) is 12.3 Å². The Morgan fingerprint density at radius 3 is 2.94 bits per heavy atom. The number of aromatic nitrogens is 2. The molecule has 0 radical (unpaired) electrons. The number of nitrogens with two attached hydrogens (primary N) is 1. The maximum Gasteiger partial charge on any atom is 0.434 e. The molecule has 0 saturated carbocycles. The van der Waals surface area contributed by atoms with E-state index in [4.69, 9.17) is 14.9 Å². The van der Waals surface area contributed by atoms with Crippen LogP contribution < -0.4 is 16.2 Å². The van der Waals surface area contributed by atoms with Crippen LogP contribution in [-0.2, 0) is 0 Å². The number of ether oxygens (including phenoxy) is 1. The third-order valence-electron chi connectivity index (χ3n) is 1.92. The van der Waals surface area contributed by atoms with Gasteiger partial charge in [-0.25, -0.2) is 9.89 Å². The maximum atomic E-state index is 10.8. The molecule has 84 valence electrons. The Kier molecular flexibility index (Phi) is 2.63. The van der Waals surface area contributed by atoms with Gasteiger partial charge in [0.2, 0.25) is 5.89 Å². The van der Waals surface area contributed by atoms with Crippen LogP contribution in [-0.4, -0.2) is 16.8 Å². The van der Waals surface area contributed by atoms with E-state index in [2.05, 4.69) is 10.2 Å². The minimum absolute atomic E-state index is 0.193. The van der Waals surface area contributed by atoms with Crippen LogP contribution in [0, 0.1) is 0 Å². The Bertz CT molecular complexity index is 544. The largest absolute Gasteiger partial charge is 0.494 e. The predicted octanol–water partition coefficient (Wildman–Crippen LogP) is 1.01. The first kappa shape index (κ1) is 10.3. The van der Waals surface area contributed by atoms with Gasteiger partial charge in [0.1, 0.15) is 5.75 Å². The Hall–Kier alpha value is -2.24. The molecule has 0 saturated heterocycles. The number of anilines is 1. The fourth-order valence-corrected chi connectivity index (χ4v) is 1.35. The third-order valence-corrected chi connectivity index (χ3v) is 1.92. The molecule has 3 N–H and O–H groups in total. The highest BCUT2D eigenvalue weighted by molar-refractivity contribution is 5.63. The van der Waals surface area contributed by atoms with Gasteiger partial charge in [-0.2, -0.15) is 0 Å². The molecule has 0 atom stereocenters. The zero-order valence-corrected chi connectivity index (χ0v) is 8.69. The predicted molar refractivity (Wildman–Crippen MR) is 58.1 cm³/mol. The van der Waals surface area contributed by atoms with Gasteiger partial charge in [0, 0.05) is 17.3 Å². The Balaban J connectivity index is 2.44. The van der Waals surface area contributed by atoms with Crippen molar-refractivity contribution >= 4 is 5.69 Å². The Labute approximate surface area is 91.0 Å². The zero-order valence-electron chi connectivity index (χ0n) is 8.69. The van der Waals surface area contributed by atoms with Crippen LogP contribution >= 0.6 is 0 Å². The van der Waals surface area contributed by atoms with E-state index < -0.39 is 5.76 Å².